The number of fused-ring (bicyclic) bond motifs is 1. The number of aliphatic hydroxyl groups is 1. The second kappa shape index (κ2) is 3.77. The Morgan fingerprint density at radius 2 is 2.36 bits per heavy atom. The second-order valence-electron chi connectivity index (χ2n) is 3.33. The van der Waals surface area contributed by atoms with Crippen molar-refractivity contribution >= 4 is 11.6 Å². The summed E-state index contributed by atoms with van der Waals surface area (Å²) in [6.45, 7) is 0.829. The molecular weight excluding hydrogens is 202 g/mol. The van der Waals surface area contributed by atoms with Crippen molar-refractivity contribution in [2.24, 2.45) is 5.73 Å². The summed E-state index contributed by atoms with van der Waals surface area (Å²) in [5.74, 6) is 0.757. The molecule has 1 aliphatic heterocycles. The van der Waals surface area contributed by atoms with E-state index in [1.165, 1.54) is 0 Å². The van der Waals surface area contributed by atoms with Crippen LogP contribution in [0.15, 0.2) is 12.1 Å². The number of hydrogen-bond donors (Lipinski definition) is 2. The lowest BCUT2D eigenvalue weighted by Gasteiger charge is -2.13. The number of benzene rings is 1. The van der Waals surface area contributed by atoms with Crippen molar-refractivity contribution in [3.8, 4) is 5.75 Å². The van der Waals surface area contributed by atoms with Gasteiger partial charge in [-0.3, -0.25) is 0 Å². The molecule has 0 amide bonds. The van der Waals surface area contributed by atoms with Crippen LogP contribution in [0.3, 0.4) is 0 Å². The van der Waals surface area contributed by atoms with Crippen LogP contribution in [0.5, 0.6) is 5.75 Å². The highest BCUT2D eigenvalue weighted by molar-refractivity contribution is 6.30. The minimum absolute atomic E-state index is 0.177. The number of hydrogen-bond acceptors (Lipinski definition) is 3. The standard InChI is InChI=1S/C10H12ClNO2/c11-7-3-6-1-2-14-10(6)8(4-7)9(13)5-12/h3-4,9,13H,1-2,5,12H2. The molecule has 3 nitrogen and oxygen atoms in total. The van der Waals surface area contributed by atoms with E-state index in [1.54, 1.807) is 6.07 Å². The van der Waals surface area contributed by atoms with Gasteiger partial charge < -0.3 is 15.6 Å². The maximum Gasteiger partial charge on any atom is 0.128 e. The van der Waals surface area contributed by atoms with Crippen molar-refractivity contribution in [2.75, 3.05) is 13.2 Å². The molecule has 0 radical (unpaired) electrons. The Balaban J connectivity index is 2.48. The first-order valence-corrected chi connectivity index (χ1v) is 4.93. The van der Waals surface area contributed by atoms with E-state index in [4.69, 9.17) is 22.1 Å². The average Bonchev–Trinajstić information content (AvgIpc) is 2.62. The van der Waals surface area contributed by atoms with E-state index in [9.17, 15) is 5.11 Å². The molecule has 0 spiro atoms. The van der Waals surface area contributed by atoms with Crippen LogP contribution in [0.1, 0.15) is 17.2 Å². The highest BCUT2D eigenvalue weighted by atomic mass is 35.5. The van der Waals surface area contributed by atoms with Crippen molar-refractivity contribution in [1.82, 2.24) is 0 Å². The first kappa shape index (κ1) is 9.77. The molecule has 14 heavy (non-hydrogen) atoms. The molecule has 0 aliphatic carbocycles. The Labute approximate surface area is 87.4 Å². The van der Waals surface area contributed by atoms with Crippen LogP contribution in [0.2, 0.25) is 5.02 Å². The number of rotatable bonds is 2. The second-order valence-corrected chi connectivity index (χ2v) is 3.77. The van der Waals surface area contributed by atoms with E-state index in [0.717, 1.165) is 17.7 Å². The zero-order valence-electron chi connectivity index (χ0n) is 7.66. The van der Waals surface area contributed by atoms with Gasteiger partial charge >= 0.3 is 0 Å². The fourth-order valence-electron chi connectivity index (χ4n) is 1.67. The van der Waals surface area contributed by atoms with E-state index in [0.29, 0.717) is 17.2 Å². The molecule has 1 aliphatic rings. The van der Waals surface area contributed by atoms with Gasteiger partial charge in [-0.05, 0) is 17.7 Å². The van der Waals surface area contributed by atoms with E-state index in [2.05, 4.69) is 0 Å². The molecule has 1 atom stereocenters. The molecule has 0 saturated carbocycles. The smallest absolute Gasteiger partial charge is 0.128 e. The summed E-state index contributed by atoms with van der Waals surface area (Å²) in [5.41, 5.74) is 7.16. The van der Waals surface area contributed by atoms with Crippen LogP contribution in [-0.2, 0) is 6.42 Å². The summed E-state index contributed by atoms with van der Waals surface area (Å²) in [6, 6.07) is 3.58. The first-order chi connectivity index (χ1) is 6.72. The van der Waals surface area contributed by atoms with E-state index < -0.39 is 6.10 Å². The van der Waals surface area contributed by atoms with Crippen molar-refractivity contribution < 1.29 is 9.84 Å². The first-order valence-electron chi connectivity index (χ1n) is 4.55. The van der Waals surface area contributed by atoms with E-state index in [1.807, 2.05) is 6.07 Å². The summed E-state index contributed by atoms with van der Waals surface area (Å²) in [5, 5.41) is 10.3. The number of nitrogens with two attached hydrogens (primary N) is 1. The van der Waals surface area contributed by atoms with Gasteiger partial charge in [0.2, 0.25) is 0 Å². The van der Waals surface area contributed by atoms with Crippen LogP contribution in [0, 0.1) is 0 Å². The quantitative estimate of drug-likeness (QED) is 0.778. The molecule has 1 aromatic carbocycles. The molecule has 0 saturated heterocycles. The molecule has 1 unspecified atom stereocenters. The maximum atomic E-state index is 9.65. The summed E-state index contributed by atoms with van der Waals surface area (Å²) >= 11 is 5.92. The third kappa shape index (κ3) is 1.59. The largest absolute Gasteiger partial charge is 0.493 e. The van der Waals surface area contributed by atoms with Crippen LogP contribution < -0.4 is 10.5 Å². The van der Waals surface area contributed by atoms with E-state index >= 15 is 0 Å². The highest BCUT2D eigenvalue weighted by Gasteiger charge is 2.21. The topological polar surface area (TPSA) is 55.5 Å². The zero-order valence-corrected chi connectivity index (χ0v) is 8.42. The lowest BCUT2D eigenvalue weighted by molar-refractivity contribution is 0.181. The van der Waals surface area contributed by atoms with Crippen molar-refractivity contribution in [3.63, 3.8) is 0 Å². The Bertz CT molecular complexity index is 354. The molecule has 2 rings (SSSR count). The summed E-state index contributed by atoms with van der Waals surface area (Å²) in [7, 11) is 0. The normalized spacial score (nSPS) is 16.2. The maximum absolute atomic E-state index is 9.65. The summed E-state index contributed by atoms with van der Waals surface area (Å²) < 4.78 is 5.43. The Kier molecular flexibility index (Phi) is 2.63. The number of aliphatic hydroxyl groups excluding tert-OH is 1. The average molecular weight is 214 g/mol. The molecule has 0 fully saturated rings. The monoisotopic (exact) mass is 213 g/mol. The van der Waals surface area contributed by atoms with Gasteiger partial charge in [-0.15, -0.1) is 0 Å². The van der Waals surface area contributed by atoms with Crippen LogP contribution >= 0.6 is 11.6 Å². The van der Waals surface area contributed by atoms with Crippen molar-refractivity contribution in [2.45, 2.75) is 12.5 Å². The lowest BCUT2D eigenvalue weighted by Crippen LogP contribution is -2.12. The van der Waals surface area contributed by atoms with Crippen molar-refractivity contribution in [1.29, 1.82) is 0 Å². The molecule has 1 aromatic rings. The van der Waals surface area contributed by atoms with Gasteiger partial charge in [0.1, 0.15) is 5.75 Å². The van der Waals surface area contributed by atoms with Crippen molar-refractivity contribution in [3.05, 3.63) is 28.3 Å². The molecule has 0 bridgehead atoms. The fraction of sp³-hybridized carbons (Fsp3) is 0.400. The lowest BCUT2D eigenvalue weighted by atomic mass is 10.0. The number of ether oxygens (including phenoxy) is 1. The third-order valence-corrected chi connectivity index (χ3v) is 2.58. The molecular formula is C10H12ClNO2. The molecule has 3 N–H and O–H groups in total. The van der Waals surface area contributed by atoms with Crippen LogP contribution in [0.25, 0.3) is 0 Å². The predicted molar refractivity (Wildman–Crippen MR) is 54.7 cm³/mol. The minimum Gasteiger partial charge on any atom is -0.493 e. The van der Waals surface area contributed by atoms with Gasteiger partial charge in [0.25, 0.3) is 0 Å². The van der Waals surface area contributed by atoms with E-state index in [-0.39, 0.29) is 6.54 Å². The Morgan fingerprint density at radius 1 is 1.57 bits per heavy atom. The molecule has 1 heterocycles. The van der Waals surface area contributed by atoms with Gasteiger partial charge in [-0.2, -0.15) is 0 Å². The Hall–Kier alpha value is -0.770. The molecule has 0 aromatic heterocycles. The fourth-order valence-corrected chi connectivity index (χ4v) is 1.92. The number of halogens is 1. The van der Waals surface area contributed by atoms with Crippen LogP contribution in [-0.4, -0.2) is 18.3 Å². The predicted octanol–water partition coefficient (Wildman–Crippen LogP) is 1.27. The van der Waals surface area contributed by atoms with Gasteiger partial charge in [0, 0.05) is 23.6 Å². The van der Waals surface area contributed by atoms with Gasteiger partial charge in [0.05, 0.1) is 12.7 Å². The summed E-state index contributed by atoms with van der Waals surface area (Å²) in [4.78, 5) is 0. The molecule has 4 heteroatoms. The SMILES string of the molecule is NCC(O)c1cc(Cl)cc2c1OCC2. The minimum atomic E-state index is -0.694. The third-order valence-electron chi connectivity index (χ3n) is 2.36. The van der Waals surface area contributed by atoms with Gasteiger partial charge in [-0.1, -0.05) is 11.6 Å². The zero-order chi connectivity index (χ0) is 10.1. The van der Waals surface area contributed by atoms with Gasteiger partial charge in [0.15, 0.2) is 0 Å². The molecule has 76 valence electrons. The van der Waals surface area contributed by atoms with Crippen LogP contribution in [0.4, 0.5) is 0 Å². The summed E-state index contributed by atoms with van der Waals surface area (Å²) in [6.07, 6.45) is 0.153. The van der Waals surface area contributed by atoms with Gasteiger partial charge in [-0.25, -0.2) is 0 Å². The Morgan fingerprint density at radius 3 is 3.07 bits per heavy atom. The highest BCUT2D eigenvalue weighted by Crippen LogP contribution is 2.35.